The highest BCUT2D eigenvalue weighted by atomic mass is 16.7. The second-order valence-electron chi connectivity index (χ2n) is 25.2. The lowest BCUT2D eigenvalue weighted by atomic mass is 9.98. The molecule has 0 aliphatic carbocycles. The van der Waals surface area contributed by atoms with Crippen molar-refractivity contribution in [2.45, 2.75) is 391 Å². The SMILES string of the molecule is CCCCC/C=C\C/C=C\CCCCCCCCCCCC(=O)OC1C(OCC(COC(=O)CCCCCCCCCCC/C=C\CCCCCCCC)OC(=O)CCCCCCCCCCC/C=C\CCCCCCCC)OC(C(=O)O)C(O)C1O. The van der Waals surface area contributed by atoms with Crippen LogP contribution in [0.5, 0.6) is 0 Å². The van der Waals surface area contributed by atoms with Gasteiger partial charge in [0.05, 0.1) is 6.61 Å². The number of carbonyl (C=O) groups excluding carboxylic acids is 3. The van der Waals surface area contributed by atoms with Gasteiger partial charge in [0, 0.05) is 19.3 Å². The molecule has 0 bridgehead atoms. The fourth-order valence-electron chi connectivity index (χ4n) is 11.2. The van der Waals surface area contributed by atoms with Crippen LogP contribution >= 0.6 is 0 Å². The molecule has 0 amide bonds. The Balaban J connectivity index is 2.61. The van der Waals surface area contributed by atoms with Crippen LogP contribution in [0.2, 0.25) is 0 Å². The Kier molecular flexibility index (Phi) is 59.0. The Morgan fingerprint density at radius 2 is 0.690 bits per heavy atom. The van der Waals surface area contributed by atoms with Crippen molar-refractivity contribution < 1.29 is 58.2 Å². The van der Waals surface area contributed by atoms with Crippen LogP contribution in [0.4, 0.5) is 0 Å². The van der Waals surface area contributed by atoms with E-state index in [9.17, 15) is 34.5 Å². The molecular weight excluding hydrogens is 1090 g/mol. The lowest BCUT2D eigenvalue weighted by Gasteiger charge is -2.40. The highest BCUT2D eigenvalue weighted by Gasteiger charge is 2.50. The largest absolute Gasteiger partial charge is 0.479 e. The number of unbranched alkanes of at least 4 members (excludes halogenated alkanes) is 42. The molecule has 0 saturated carbocycles. The standard InChI is InChI=1S/C75H134O12/c1-4-7-10-13-16-19-22-25-28-31-34-37-40-43-46-49-52-55-58-61-67(76)83-64-66(85-68(77)62-59-56-53-50-47-44-41-38-35-32-29-26-23-20-17-14-11-8-5-2)65-84-75-73(71(80)70(79)72(87-75)74(81)82)86-69(78)63-60-57-54-51-48-45-42-39-36-33-30-27-24-21-18-15-12-9-6-3/h18,21,25-30,66,70-73,75,79-80H,4-17,19-20,22-24,31-65H2,1-3H3,(H,81,82)/b21-18-,28-25-,29-26-,30-27-. The van der Waals surface area contributed by atoms with Gasteiger partial charge >= 0.3 is 23.9 Å². The number of aliphatic carboxylic acids is 1. The van der Waals surface area contributed by atoms with Crippen LogP contribution in [-0.4, -0.2) is 89.2 Å². The molecule has 12 nitrogen and oxygen atoms in total. The Morgan fingerprint density at radius 1 is 0.379 bits per heavy atom. The van der Waals surface area contributed by atoms with Crippen molar-refractivity contribution in [3.63, 3.8) is 0 Å². The molecule has 87 heavy (non-hydrogen) atoms. The first-order valence-corrected chi connectivity index (χ1v) is 36.6. The van der Waals surface area contributed by atoms with E-state index in [1.54, 1.807) is 0 Å². The van der Waals surface area contributed by atoms with Gasteiger partial charge in [0.25, 0.3) is 0 Å². The highest BCUT2D eigenvalue weighted by molar-refractivity contribution is 5.74. The lowest BCUT2D eigenvalue weighted by Crippen LogP contribution is -2.61. The van der Waals surface area contributed by atoms with E-state index in [-0.39, 0.29) is 25.9 Å². The molecule has 12 heteroatoms. The Morgan fingerprint density at radius 3 is 1.07 bits per heavy atom. The number of aliphatic hydroxyl groups is 2. The van der Waals surface area contributed by atoms with Gasteiger partial charge < -0.3 is 39.0 Å². The molecule has 0 spiro atoms. The van der Waals surface area contributed by atoms with Crippen LogP contribution in [0.1, 0.15) is 355 Å². The number of carboxylic acids is 1. The predicted octanol–water partition coefficient (Wildman–Crippen LogP) is 20.5. The predicted molar refractivity (Wildman–Crippen MR) is 359 cm³/mol. The van der Waals surface area contributed by atoms with E-state index in [0.29, 0.717) is 19.3 Å². The Labute approximate surface area is 533 Å². The van der Waals surface area contributed by atoms with E-state index in [1.165, 1.54) is 218 Å². The van der Waals surface area contributed by atoms with Crippen LogP contribution < -0.4 is 0 Å². The van der Waals surface area contributed by atoms with Crippen LogP contribution in [0.15, 0.2) is 48.6 Å². The lowest BCUT2D eigenvalue weighted by molar-refractivity contribution is -0.301. The first-order valence-electron chi connectivity index (χ1n) is 36.6. The van der Waals surface area contributed by atoms with Crippen molar-refractivity contribution in [3.8, 4) is 0 Å². The van der Waals surface area contributed by atoms with Gasteiger partial charge in [-0.1, -0.05) is 281 Å². The third-order valence-electron chi connectivity index (χ3n) is 16.8. The number of hydrogen-bond acceptors (Lipinski definition) is 11. The molecule has 0 radical (unpaired) electrons. The Hall–Kier alpha value is -3.32. The molecule has 6 unspecified atom stereocenters. The summed E-state index contributed by atoms with van der Waals surface area (Å²) in [6.07, 6.45) is 66.3. The Bertz CT molecular complexity index is 1690. The van der Waals surface area contributed by atoms with E-state index in [4.69, 9.17) is 23.7 Å². The second kappa shape index (κ2) is 62.9. The molecule has 1 heterocycles. The smallest absolute Gasteiger partial charge is 0.335 e. The number of aliphatic hydroxyl groups excluding tert-OH is 2. The molecule has 0 aromatic heterocycles. The van der Waals surface area contributed by atoms with Crippen LogP contribution in [0.25, 0.3) is 0 Å². The van der Waals surface area contributed by atoms with Gasteiger partial charge in [-0.25, -0.2) is 4.79 Å². The molecule has 0 aromatic rings. The number of esters is 3. The fourth-order valence-corrected chi connectivity index (χ4v) is 11.2. The molecular formula is C75H134O12. The van der Waals surface area contributed by atoms with Gasteiger partial charge in [0.2, 0.25) is 0 Å². The van der Waals surface area contributed by atoms with E-state index >= 15 is 0 Å². The van der Waals surface area contributed by atoms with Gasteiger partial charge in [0.15, 0.2) is 24.6 Å². The van der Waals surface area contributed by atoms with Gasteiger partial charge in [-0.15, -0.1) is 0 Å². The summed E-state index contributed by atoms with van der Waals surface area (Å²) in [5.41, 5.74) is 0. The second-order valence-corrected chi connectivity index (χ2v) is 25.2. The molecule has 1 rings (SSSR count). The minimum absolute atomic E-state index is 0.0575. The van der Waals surface area contributed by atoms with Crippen molar-refractivity contribution in [1.29, 1.82) is 0 Å². The number of allylic oxidation sites excluding steroid dienone is 8. The minimum Gasteiger partial charge on any atom is -0.479 e. The summed E-state index contributed by atoms with van der Waals surface area (Å²) in [4.78, 5) is 51.6. The third kappa shape index (κ3) is 52.1. The zero-order valence-corrected chi connectivity index (χ0v) is 56.3. The van der Waals surface area contributed by atoms with E-state index < -0.39 is 67.3 Å². The fraction of sp³-hybridized carbons (Fsp3) is 0.840. The average molecular weight is 1230 g/mol. The monoisotopic (exact) mass is 1230 g/mol. The molecule has 6 atom stereocenters. The zero-order chi connectivity index (χ0) is 63.1. The quantitative estimate of drug-likeness (QED) is 0.0228. The number of hydrogen-bond donors (Lipinski definition) is 3. The maximum atomic E-state index is 13.3. The summed E-state index contributed by atoms with van der Waals surface area (Å²) in [5, 5.41) is 31.7. The average Bonchev–Trinajstić information content (AvgIpc) is 2.60. The van der Waals surface area contributed by atoms with Crippen LogP contribution in [0, 0.1) is 0 Å². The summed E-state index contributed by atoms with van der Waals surface area (Å²) in [7, 11) is 0. The van der Waals surface area contributed by atoms with Crippen molar-refractivity contribution >= 4 is 23.9 Å². The summed E-state index contributed by atoms with van der Waals surface area (Å²) in [5.74, 6) is -3.09. The van der Waals surface area contributed by atoms with Crippen LogP contribution in [-0.2, 0) is 42.9 Å². The molecule has 1 fully saturated rings. The normalized spacial score (nSPS) is 17.6. The number of ether oxygens (including phenoxy) is 5. The maximum Gasteiger partial charge on any atom is 0.335 e. The summed E-state index contributed by atoms with van der Waals surface area (Å²) in [6.45, 7) is 6.03. The highest BCUT2D eigenvalue weighted by Crippen LogP contribution is 2.27. The van der Waals surface area contributed by atoms with Gasteiger partial charge in [-0.05, 0) is 103 Å². The maximum absolute atomic E-state index is 13.3. The van der Waals surface area contributed by atoms with Crippen molar-refractivity contribution in [2.75, 3.05) is 13.2 Å². The van der Waals surface area contributed by atoms with Crippen molar-refractivity contribution in [3.05, 3.63) is 48.6 Å². The van der Waals surface area contributed by atoms with Gasteiger partial charge in [-0.3, -0.25) is 14.4 Å². The number of rotatable bonds is 64. The molecule has 0 aromatic carbocycles. The van der Waals surface area contributed by atoms with Crippen molar-refractivity contribution in [1.82, 2.24) is 0 Å². The first-order chi connectivity index (χ1) is 42.6. The van der Waals surface area contributed by atoms with E-state index in [2.05, 4.69) is 69.4 Å². The summed E-state index contributed by atoms with van der Waals surface area (Å²) in [6, 6.07) is 0. The number of carbonyl (C=O) groups is 4. The molecule has 3 N–H and O–H groups in total. The first kappa shape index (κ1) is 81.7. The third-order valence-corrected chi connectivity index (χ3v) is 16.8. The van der Waals surface area contributed by atoms with Gasteiger partial charge in [0.1, 0.15) is 18.8 Å². The molecule has 1 aliphatic heterocycles. The summed E-state index contributed by atoms with van der Waals surface area (Å²) >= 11 is 0. The van der Waals surface area contributed by atoms with Gasteiger partial charge in [-0.2, -0.15) is 0 Å². The number of carboxylic acid groups (broad SMARTS) is 1. The molecule has 1 aliphatic rings. The molecule has 506 valence electrons. The zero-order valence-electron chi connectivity index (χ0n) is 56.3. The topological polar surface area (TPSA) is 175 Å². The van der Waals surface area contributed by atoms with E-state index in [0.717, 1.165) is 77.0 Å². The van der Waals surface area contributed by atoms with Crippen molar-refractivity contribution in [2.24, 2.45) is 0 Å². The van der Waals surface area contributed by atoms with E-state index in [1.807, 2.05) is 0 Å². The van der Waals surface area contributed by atoms with Crippen LogP contribution in [0.3, 0.4) is 0 Å². The summed E-state index contributed by atoms with van der Waals surface area (Å²) < 4.78 is 28.7. The minimum atomic E-state index is -1.91. The molecule has 1 saturated heterocycles.